The van der Waals surface area contributed by atoms with E-state index in [0.717, 1.165) is 6.07 Å². The van der Waals surface area contributed by atoms with E-state index in [-0.39, 0.29) is 27.8 Å². The van der Waals surface area contributed by atoms with Crippen molar-refractivity contribution in [2.75, 3.05) is 13.7 Å². The highest BCUT2D eigenvalue weighted by atomic mass is 35.5. The highest BCUT2D eigenvalue weighted by Crippen LogP contribution is 2.31. The Morgan fingerprint density at radius 3 is 2.50 bits per heavy atom. The molecule has 0 radical (unpaired) electrons. The topological polar surface area (TPSA) is 95.7 Å². The van der Waals surface area contributed by atoms with Gasteiger partial charge in [0.15, 0.2) is 5.75 Å². The number of carbonyl (C=O) groups excluding carboxylic acids is 1. The second kappa shape index (κ2) is 5.55. The molecular weight excluding hydrogens is 282 g/mol. The van der Waals surface area contributed by atoms with Crippen molar-refractivity contribution < 1.29 is 22.7 Å². The molecule has 0 spiro atoms. The van der Waals surface area contributed by atoms with E-state index in [1.807, 2.05) is 0 Å². The van der Waals surface area contributed by atoms with Crippen LogP contribution < -0.4 is 9.88 Å². The molecule has 0 heterocycles. The van der Waals surface area contributed by atoms with Gasteiger partial charge < -0.3 is 9.47 Å². The molecule has 0 aliphatic heterocycles. The Labute approximate surface area is 110 Å². The maximum atomic E-state index is 11.7. The number of primary sulfonamides is 1. The largest absolute Gasteiger partial charge is 0.494 e. The van der Waals surface area contributed by atoms with E-state index in [4.69, 9.17) is 26.2 Å². The fourth-order valence-electron chi connectivity index (χ4n) is 1.35. The minimum absolute atomic E-state index is 0.0443. The highest BCUT2D eigenvalue weighted by molar-refractivity contribution is 7.89. The lowest BCUT2D eigenvalue weighted by Gasteiger charge is -2.12. The van der Waals surface area contributed by atoms with Crippen molar-refractivity contribution in [3.8, 4) is 5.75 Å². The summed E-state index contributed by atoms with van der Waals surface area (Å²) in [7, 11) is -2.83. The molecule has 100 valence electrons. The van der Waals surface area contributed by atoms with Gasteiger partial charge in [0.25, 0.3) is 0 Å². The molecule has 1 aromatic rings. The van der Waals surface area contributed by atoms with Crippen molar-refractivity contribution in [2.24, 2.45) is 5.14 Å². The summed E-state index contributed by atoms with van der Waals surface area (Å²) in [6, 6.07) is 2.37. The number of hydrogen-bond acceptors (Lipinski definition) is 5. The van der Waals surface area contributed by atoms with E-state index < -0.39 is 16.0 Å². The van der Waals surface area contributed by atoms with Gasteiger partial charge in [-0.15, -0.1) is 0 Å². The number of methoxy groups -OCH3 is 1. The van der Waals surface area contributed by atoms with Gasteiger partial charge in [-0.05, 0) is 19.1 Å². The first kappa shape index (κ1) is 14.7. The zero-order valence-electron chi connectivity index (χ0n) is 9.77. The zero-order valence-corrected chi connectivity index (χ0v) is 11.3. The van der Waals surface area contributed by atoms with Crippen molar-refractivity contribution in [1.29, 1.82) is 0 Å². The standard InChI is InChI=1S/C10H12ClNO5S/c1-3-17-10(13)7-4-6(11)5-8(9(7)16-2)18(12,14)15/h4-5H,3H2,1-2H3,(H2,12,14,15). The normalized spacial score (nSPS) is 11.1. The van der Waals surface area contributed by atoms with Gasteiger partial charge in [-0.25, -0.2) is 18.4 Å². The molecule has 0 fully saturated rings. The van der Waals surface area contributed by atoms with E-state index in [2.05, 4.69) is 0 Å². The van der Waals surface area contributed by atoms with Gasteiger partial charge in [0.2, 0.25) is 10.0 Å². The molecule has 18 heavy (non-hydrogen) atoms. The zero-order chi connectivity index (χ0) is 13.9. The first-order valence-corrected chi connectivity index (χ1v) is 6.81. The van der Waals surface area contributed by atoms with E-state index in [0.29, 0.717) is 0 Å². The summed E-state index contributed by atoms with van der Waals surface area (Å²) in [6.45, 7) is 1.76. The van der Waals surface area contributed by atoms with Gasteiger partial charge in [-0.3, -0.25) is 0 Å². The quantitative estimate of drug-likeness (QED) is 0.841. The van der Waals surface area contributed by atoms with E-state index in [9.17, 15) is 13.2 Å². The Morgan fingerprint density at radius 1 is 1.44 bits per heavy atom. The van der Waals surface area contributed by atoms with Crippen LogP contribution >= 0.6 is 11.6 Å². The average molecular weight is 294 g/mol. The van der Waals surface area contributed by atoms with Crippen LogP contribution in [0.5, 0.6) is 5.75 Å². The number of carbonyl (C=O) groups is 1. The molecule has 8 heteroatoms. The predicted octanol–water partition coefficient (Wildman–Crippen LogP) is 1.17. The molecule has 0 saturated heterocycles. The van der Waals surface area contributed by atoms with Crippen molar-refractivity contribution in [3.05, 3.63) is 22.7 Å². The molecule has 1 aromatic carbocycles. The average Bonchev–Trinajstić information content (AvgIpc) is 2.27. The van der Waals surface area contributed by atoms with Crippen LogP contribution in [-0.4, -0.2) is 28.1 Å². The van der Waals surface area contributed by atoms with E-state index >= 15 is 0 Å². The number of sulfonamides is 1. The van der Waals surface area contributed by atoms with Crippen LogP contribution in [0.2, 0.25) is 5.02 Å². The number of nitrogens with two attached hydrogens (primary N) is 1. The summed E-state index contributed by atoms with van der Waals surface area (Å²) in [5.74, 6) is -0.915. The fraction of sp³-hybridized carbons (Fsp3) is 0.300. The van der Waals surface area contributed by atoms with E-state index in [1.54, 1.807) is 6.92 Å². The monoisotopic (exact) mass is 293 g/mol. The first-order chi connectivity index (χ1) is 8.31. The second-order valence-electron chi connectivity index (χ2n) is 3.25. The Morgan fingerprint density at radius 2 is 2.06 bits per heavy atom. The number of benzene rings is 1. The summed E-state index contributed by atoms with van der Waals surface area (Å²) in [5, 5.41) is 5.07. The Kier molecular flexibility index (Phi) is 4.55. The van der Waals surface area contributed by atoms with Crippen molar-refractivity contribution in [3.63, 3.8) is 0 Å². The summed E-state index contributed by atoms with van der Waals surface area (Å²) in [6.07, 6.45) is 0. The smallest absolute Gasteiger partial charge is 0.342 e. The molecule has 0 saturated carbocycles. The Hall–Kier alpha value is -1.31. The van der Waals surface area contributed by atoms with Crippen molar-refractivity contribution in [1.82, 2.24) is 0 Å². The summed E-state index contributed by atoms with van der Waals surface area (Å²) >= 11 is 5.75. The number of ether oxygens (including phenoxy) is 2. The third-order valence-electron chi connectivity index (χ3n) is 2.03. The lowest BCUT2D eigenvalue weighted by molar-refractivity contribution is 0.0522. The second-order valence-corrected chi connectivity index (χ2v) is 5.22. The number of halogens is 1. The summed E-state index contributed by atoms with van der Waals surface area (Å²) < 4.78 is 32.5. The third-order valence-corrected chi connectivity index (χ3v) is 3.16. The Bertz CT molecular complexity index is 570. The molecule has 1 rings (SSSR count). The van der Waals surface area contributed by atoms with Crippen LogP contribution in [0.4, 0.5) is 0 Å². The van der Waals surface area contributed by atoms with Crippen LogP contribution in [0.1, 0.15) is 17.3 Å². The van der Waals surface area contributed by atoms with Gasteiger partial charge >= 0.3 is 5.97 Å². The van der Waals surface area contributed by atoms with Crippen molar-refractivity contribution >= 4 is 27.6 Å². The predicted molar refractivity (Wildman–Crippen MR) is 65.3 cm³/mol. The molecule has 0 aromatic heterocycles. The lowest BCUT2D eigenvalue weighted by atomic mass is 10.2. The molecule has 0 amide bonds. The van der Waals surface area contributed by atoms with Crippen LogP contribution in [0.15, 0.2) is 17.0 Å². The maximum Gasteiger partial charge on any atom is 0.342 e. The summed E-state index contributed by atoms with van der Waals surface area (Å²) in [4.78, 5) is 11.3. The Balaban J connectivity index is 3.53. The number of esters is 1. The maximum absolute atomic E-state index is 11.7. The van der Waals surface area contributed by atoms with Gasteiger partial charge in [-0.2, -0.15) is 0 Å². The van der Waals surface area contributed by atoms with Gasteiger partial charge in [-0.1, -0.05) is 11.6 Å². The molecule has 0 aliphatic rings. The van der Waals surface area contributed by atoms with Crippen LogP contribution in [0.3, 0.4) is 0 Å². The van der Waals surface area contributed by atoms with Gasteiger partial charge in [0, 0.05) is 5.02 Å². The number of hydrogen-bond donors (Lipinski definition) is 1. The highest BCUT2D eigenvalue weighted by Gasteiger charge is 2.24. The fourth-order valence-corrected chi connectivity index (χ4v) is 2.38. The van der Waals surface area contributed by atoms with Crippen LogP contribution in [-0.2, 0) is 14.8 Å². The van der Waals surface area contributed by atoms with Crippen LogP contribution in [0.25, 0.3) is 0 Å². The molecule has 2 N–H and O–H groups in total. The van der Waals surface area contributed by atoms with Crippen molar-refractivity contribution in [2.45, 2.75) is 11.8 Å². The molecule has 0 aliphatic carbocycles. The van der Waals surface area contributed by atoms with Crippen LogP contribution in [0, 0.1) is 0 Å². The number of rotatable bonds is 4. The molecule has 0 unspecified atom stereocenters. The summed E-state index contributed by atoms with van der Waals surface area (Å²) in [5.41, 5.74) is -0.0872. The minimum atomic E-state index is -4.06. The lowest BCUT2D eigenvalue weighted by Crippen LogP contribution is -2.16. The van der Waals surface area contributed by atoms with E-state index in [1.165, 1.54) is 13.2 Å². The molecule has 6 nitrogen and oxygen atoms in total. The molecular formula is C10H12ClNO5S. The van der Waals surface area contributed by atoms with Gasteiger partial charge in [0.1, 0.15) is 10.5 Å². The SMILES string of the molecule is CCOC(=O)c1cc(Cl)cc(S(N)(=O)=O)c1OC. The third kappa shape index (κ3) is 3.12. The molecule has 0 atom stereocenters. The van der Waals surface area contributed by atoms with Gasteiger partial charge in [0.05, 0.1) is 13.7 Å². The molecule has 0 bridgehead atoms. The minimum Gasteiger partial charge on any atom is -0.494 e. The first-order valence-electron chi connectivity index (χ1n) is 4.88.